The van der Waals surface area contributed by atoms with Crippen molar-refractivity contribution in [3.05, 3.63) is 29.8 Å². The second-order valence-electron chi connectivity index (χ2n) is 4.74. The van der Waals surface area contributed by atoms with Crippen LogP contribution in [-0.4, -0.2) is 12.5 Å². The standard InChI is InChI=1S/C14H21ClO/c1-4-5-10-16-13-8-6-12(7-9-13)14(2,3)11-15/h6-9H,4-5,10-11H2,1-3H3. The van der Waals surface area contributed by atoms with Crippen molar-refractivity contribution < 1.29 is 4.74 Å². The predicted octanol–water partition coefficient (Wildman–Crippen LogP) is 4.38. The summed E-state index contributed by atoms with van der Waals surface area (Å²) in [5.74, 6) is 1.57. The molecule has 1 nitrogen and oxygen atoms in total. The van der Waals surface area contributed by atoms with Crippen LogP contribution in [0.1, 0.15) is 39.2 Å². The lowest BCUT2D eigenvalue weighted by atomic mass is 9.87. The van der Waals surface area contributed by atoms with Gasteiger partial charge < -0.3 is 4.74 Å². The Morgan fingerprint density at radius 3 is 2.31 bits per heavy atom. The molecule has 0 bridgehead atoms. The minimum Gasteiger partial charge on any atom is -0.494 e. The summed E-state index contributed by atoms with van der Waals surface area (Å²) in [5, 5.41) is 0. The number of halogens is 1. The molecule has 0 saturated carbocycles. The van der Waals surface area contributed by atoms with Gasteiger partial charge in [0, 0.05) is 11.3 Å². The van der Waals surface area contributed by atoms with E-state index in [0.29, 0.717) is 5.88 Å². The minimum atomic E-state index is 0.0313. The van der Waals surface area contributed by atoms with E-state index < -0.39 is 0 Å². The molecule has 0 aliphatic carbocycles. The molecule has 0 saturated heterocycles. The van der Waals surface area contributed by atoms with Crippen LogP contribution in [0.25, 0.3) is 0 Å². The van der Waals surface area contributed by atoms with E-state index in [1.54, 1.807) is 0 Å². The second kappa shape index (κ2) is 6.15. The summed E-state index contributed by atoms with van der Waals surface area (Å²) < 4.78 is 5.61. The highest BCUT2D eigenvalue weighted by Gasteiger charge is 2.18. The topological polar surface area (TPSA) is 9.23 Å². The fraction of sp³-hybridized carbons (Fsp3) is 0.571. The van der Waals surface area contributed by atoms with Gasteiger partial charge in [-0.1, -0.05) is 39.3 Å². The molecule has 0 aromatic heterocycles. The van der Waals surface area contributed by atoms with Gasteiger partial charge in [-0.15, -0.1) is 11.6 Å². The van der Waals surface area contributed by atoms with Crippen molar-refractivity contribution in [2.75, 3.05) is 12.5 Å². The number of hydrogen-bond donors (Lipinski definition) is 0. The van der Waals surface area contributed by atoms with Gasteiger partial charge in [0.1, 0.15) is 5.75 Å². The van der Waals surface area contributed by atoms with Crippen molar-refractivity contribution in [1.29, 1.82) is 0 Å². The molecule has 90 valence electrons. The maximum atomic E-state index is 5.94. The maximum absolute atomic E-state index is 5.94. The average Bonchev–Trinajstić information content (AvgIpc) is 2.30. The molecule has 1 aromatic rings. The zero-order valence-electron chi connectivity index (χ0n) is 10.4. The first kappa shape index (κ1) is 13.4. The van der Waals surface area contributed by atoms with Crippen LogP contribution >= 0.6 is 11.6 Å². The molecule has 0 aliphatic rings. The summed E-state index contributed by atoms with van der Waals surface area (Å²) in [6, 6.07) is 8.26. The molecular formula is C14H21ClO. The predicted molar refractivity (Wildman–Crippen MR) is 70.6 cm³/mol. The first-order chi connectivity index (χ1) is 7.60. The van der Waals surface area contributed by atoms with Gasteiger partial charge >= 0.3 is 0 Å². The summed E-state index contributed by atoms with van der Waals surface area (Å²) in [7, 11) is 0. The molecule has 0 N–H and O–H groups in total. The van der Waals surface area contributed by atoms with Crippen LogP contribution in [0.5, 0.6) is 5.75 Å². The Balaban J connectivity index is 2.61. The molecule has 0 spiro atoms. The molecule has 0 radical (unpaired) electrons. The zero-order valence-corrected chi connectivity index (χ0v) is 11.2. The highest BCUT2D eigenvalue weighted by Crippen LogP contribution is 2.26. The van der Waals surface area contributed by atoms with Crippen LogP contribution in [0.3, 0.4) is 0 Å². The molecule has 0 heterocycles. The van der Waals surface area contributed by atoms with Crippen LogP contribution in [-0.2, 0) is 5.41 Å². The van der Waals surface area contributed by atoms with Crippen LogP contribution in [0.2, 0.25) is 0 Å². The van der Waals surface area contributed by atoms with Gasteiger partial charge in [0.15, 0.2) is 0 Å². The van der Waals surface area contributed by atoms with E-state index in [4.69, 9.17) is 16.3 Å². The van der Waals surface area contributed by atoms with E-state index in [2.05, 4.69) is 32.9 Å². The SMILES string of the molecule is CCCCOc1ccc(C(C)(C)CCl)cc1. The summed E-state index contributed by atoms with van der Waals surface area (Å²) in [6.45, 7) is 7.25. The van der Waals surface area contributed by atoms with Crippen LogP contribution in [0.4, 0.5) is 0 Å². The number of ether oxygens (including phenoxy) is 1. The lowest BCUT2D eigenvalue weighted by Crippen LogP contribution is -2.18. The highest BCUT2D eigenvalue weighted by molar-refractivity contribution is 6.18. The molecular weight excluding hydrogens is 220 g/mol. The van der Waals surface area contributed by atoms with Crippen molar-refractivity contribution in [3.63, 3.8) is 0 Å². The Bertz CT molecular complexity index is 303. The lowest BCUT2D eigenvalue weighted by molar-refractivity contribution is 0.309. The smallest absolute Gasteiger partial charge is 0.119 e. The third-order valence-electron chi connectivity index (χ3n) is 2.74. The molecule has 2 heteroatoms. The number of rotatable bonds is 6. The van der Waals surface area contributed by atoms with Crippen molar-refractivity contribution in [1.82, 2.24) is 0 Å². The largest absolute Gasteiger partial charge is 0.494 e. The van der Waals surface area contributed by atoms with Crippen molar-refractivity contribution in [2.24, 2.45) is 0 Å². The van der Waals surface area contributed by atoms with Crippen LogP contribution < -0.4 is 4.74 Å². The summed E-state index contributed by atoms with van der Waals surface area (Å²) in [6.07, 6.45) is 2.27. The van der Waals surface area contributed by atoms with Gasteiger partial charge in [-0.3, -0.25) is 0 Å². The third kappa shape index (κ3) is 3.71. The fourth-order valence-corrected chi connectivity index (χ4v) is 1.57. The molecule has 0 amide bonds. The Morgan fingerprint density at radius 2 is 1.81 bits per heavy atom. The van der Waals surface area contributed by atoms with Crippen molar-refractivity contribution >= 4 is 11.6 Å². The first-order valence-electron chi connectivity index (χ1n) is 5.89. The van der Waals surface area contributed by atoms with Gasteiger partial charge in [-0.25, -0.2) is 0 Å². The number of unbranched alkanes of at least 4 members (excludes halogenated alkanes) is 1. The molecule has 0 aliphatic heterocycles. The first-order valence-corrected chi connectivity index (χ1v) is 6.43. The molecule has 1 aromatic carbocycles. The van der Waals surface area contributed by atoms with E-state index in [-0.39, 0.29) is 5.41 Å². The summed E-state index contributed by atoms with van der Waals surface area (Å²) in [4.78, 5) is 0. The number of hydrogen-bond acceptors (Lipinski definition) is 1. The minimum absolute atomic E-state index is 0.0313. The molecule has 0 atom stereocenters. The van der Waals surface area contributed by atoms with Gasteiger partial charge in [0.05, 0.1) is 6.61 Å². The third-order valence-corrected chi connectivity index (χ3v) is 3.40. The molecule has 1 rings (SSSR count). The van der Waals surface area contributed by atoms with Crippen molar-refractivity contribution in [3.8, 4) is 5.75 Å². The zero-order chi connectivity index (χ0) is 12.0. The van der Waals surface area contributed by atoms with Crippen molar-refractivity contribution in [2.45, 2.75) is 39.0 Å². The maximum Gasteiger partial charge on any atom is 0.119 e. The molecule has 0 unspecified atom stereocenters. The lowest BCUT2D eigenvalue weighted by Gasteiger charge is -2.22. The second-order valence-corrected chi connectivity index (χ2v) is 5.01. The van der Waals surface area contributed by atoms with E-state index in [9.17, 15) is 0 Å². The Hall–Kier alpha value is -0.690. The Morgan fingerprint density at radius 1 is 1.19 bits per heavy atom. The fourth-order valence-electron chi connectivity index (χ4n) is 1.41. The van der Waals surface area contributed by atoms with Crippen LogP contribution in [0, 0.1) is 0 Å². The van der Waals surface area contributed by atoms with Gasteiger partial charge in [0.25, 0.3) is 0 Å². The normalized spacial score (nSPS) is 11.5. The Labute approximate surface area is 104 Å². The Kier molecular flexibility index (Phi) is 5.14. The van der Waals surface area contributed by atoms with E-state index in [1.165, 1.54) is 5.56 Å². The van der Waals surface area contributed by atoms with Crippen LogP contribution in [0.15, 0.2) is 24.3 Å². The van der Waals surface area contributed by atoms with E-state index in [0.717, 1.165) is 25.2 Å². The monoisotopic (exact) mass is 240 g/mol. The highest BCUT2D eigenvalue weighted by atomic mass is 35.5. The van der Waals surface area contributed by atoms with E-state index >= 15 is 0 Å². The molecule has 16 heavy (non-hydrogen) atoms. The molecule has 0 fully saturated rings. The number of alkyl halides is 1. The summed E-state index contributed by atoms with van der Waals surface area (Å²) in [5.41, 5.74) is 1.29. The van der Waals surface area contributed by atoms with E-state index in [1.807, 2.05) is 12.1 Å². The average molecular weight is 241 g/mol. The summed E-state index contributed by atoms with van der Waals surface area (Å²) >= 11 is 5.94. The quantitative estimate of drug-likeness (QED) is 0.530. The number of benzene rings is 1. The van der Waals surface area contributed by atoms with Gasteiger partial charge in [-0.2, -0.15) is 0 Å². The van der Waals surface area contributed by atoms with Gasteiger partial charge in [0.2, 0.25) is 0 Å². The van der Waals surface area contributed by atoms with Gasteiger partial charge in [-0.05, 0) is 24.1 Å².